The first-order chi connectivity index (χ1) is 19.0. The molecule has 0 aliphatic carbocycles. The van der Waals surface area contributed by atoms with Crippen LogP contribution in [0.15, 0.2) is 59.5 Å². The van der Waals surface area contributed by atoms with Gasteiger partial charge in [0, 0.05) is 37.9 Å². The van der Waals surface area contributed by atoms with Crippen molar-refractivity contribution in [2.75, 3.05) is 38.1 Å². The summed E-state index contributed by atoms with van der Waals surface area (Å²) in [4.78, 5) is 31.7. The number of pyridine rings is 1. The van der Waals surface area contributed by atoms with Gasteiger partial charge in [0.1, 0.15) is 11.1 Å². The summed E-state index contributed by atoms with van der Waals surface area (Å²) in [5.74, 6) is 0.992. The number of anilines is 1. The minimum Gasteiger partial charge on any atom is -0.451 e. The number of fused-ring (bicyclic) bond motifs is 3. The molecule has 8 nitrogen and oxygen atoms in total. The van der Waals surface area contributed by atoms with Gasteiger partial charge in [-0.05, 0) is 74.3 Å². The van der Waals surface area contributed by atoms with Crippen molar-refractivity contribution >= 4 is 33.3 Å². The van der Waals surface area contributed by atoms with Gasteiger partial charge in [-0.2, -0.15) is 0 Å². The zero-order valence-electron chi connectivity index (χ0n) is 22.2. The lowest BCUT2D eigenvalue weighted by Gasteiger charge is -2.29. The number of hydrogen-bond acceptors (Lipinski definition) is 6. The molecule has 8 heteroatoms. The van der Waals surface area contributed by atoms with E-state index in [4.69, 9.17) is 10.5 Å². The first-order valence-electron chi connectivity index (χ1n) is 13.9. The van der Waals surface area contributed by atoms with Gasteiger partial charge in [0.05, 0.1) is 16.8 Å². The number of aromatic nitrogens is 1. The van der Waals surface area contributed by atoms with Gasteiger partial charge in [0.25, 0.3) is 5.91 Å². The number of benzene rings is 3. The van der Waals surface area contributed by atoms with Crippen molar-refractivity contribution in [3.63, 3.8) is 0 Å². The van der Waals surface area contributed by atoms with E-state index in [0.717, 1.165) is 61.0 Å². The fourth-order valence-electron chi connectivity index (χ4n) is 6.47. The lowest BCUT2D eigenvalue weighted by molar-refractivity contribution is 0.0949. The fourth-order valence-corrected chi connectivity index (χ4v) is 6.47. The van der Waals surface area contributed by atoms with Crippen molar-refractivity contribution in [2.45, 2.75) is 37.8 Å². The highest BCUT2D eigenvalue weighted by molar-refractivity contribution is 6.02. The molecule has 3 aromatic carbocycles. The molecule has 3 aliphatic heterocycles. The summed E-state index contributed by atoms with van der Waals surface area (Å²) in [5, 5.41) is 5.61. The smallest absolute Gasteiger partial charge is 0.256 e. The minimum absolute atomic E-state index is 0.102. The highest BCUT2D eigenvalue weighted by atomic mass is 16.5. The molecule has 4 heterocycles. The zero-order valence-corrected chi connectivity index (χ0v) is 22.2. The Balaban J connectivity index is 1.35. The number of ether oxygens (including phenoxy) is 1. The third kappa shape index (κ3) is 4.06. The second-order valence-electron chi connectivity index (χ2n) is 11.1. The molecule has 0 saturated carbocycles. The number of nitrogens with one attached hydrogen (secondary N) is 1. The van der Waals surface area contributed by atoms with Gasteiger partial charge in [-0.15, -0.1) is 0 Å². The van der Waals surface area contributed by atoms with Crippen molar-refractivity contribution in [1.29, 1.82) is 0 Å². The Kier molecular flexibility index (Phi) is 5.82. The zero-order chi connectivity index (χ0) is 26.7. The number of amides is 1. The molecule has 200 valence electrons. The fraction of sp³-hybridized carbons (Fsp3) is 0.355. The second-order valence-corrected chi connectivity index (χ2v) is 11.1. The number of carbonyl (C=O) groups excluding carboxylic acids is 1. The summed E-state index contributed by atoms with van der Waals surface area (Å²) in [6.07, 6.45) is 5.81. The van der Waals surface area contributed by atoms with Gasteiger partial charge in [-0.3, -0.25) is 9.59 Å². The molecular formula is C31H33N5O3. The molecule has 2 saturated heterocycles. The number of rotatable bonds is 5. The van der Waals surface area contributed by atoms with E-state index in [0.29, 0.717) is 35.0 Å². The molecule has 3 aliphatic rings. The van der Waals surface area contributed by atoms with E-state index in [1.807, 2.05) is 34.9 Å². The van der Waals surface area contributed by atoms with Crippen LogP contribution in [0.2, 0.25) is 0 Å². The predicted octanol–water partition coefficient (Wildman–Crippen LogP) is 4.00. The lowest BCUT2D eigenvalue weighted by Crippen LogP contribution is -2.34. The van der Waals surface area contributed by atoms with Crippen LogP contribution >= 0.6 is 0 Å². The maximum atomic E-state index is 13.7. The summed E-state index contributed by atoms with van der Waals surface area (Å²) in [7, 11) is 2.13. The molecule has 0 spiro atoms. The maximum Gasteiger partial charge on any atom is 0.256 e. The van der Waals surface area contributed by atoms with Crippen LogP contribution < -0.4 is 26.1 Å². The van der Waals surface area contributed by atoms with E-state index < -0.39 is 0 Å². The van der Waals surface area contributed by atoms with Crippen LogP contribution in [0.5, 0.6) is 11.5 Å². The third-order valence-electron chi connectivity index (χ3n) is 8.64. The molecule has 4 aromatic rings. The quantitative estimate of drug-likeness (QED) is 0.362. The molecule has 7 rings (SSSR count). The Bertz CT molecular complexity index is 1680. The molecule has 1 aromatic heterocycles. The van der Waals surface area contributed by atoms with Crippen molar-refractivity contribution in [1.82, 2.24) is 14.8 Å². The van der Waals surface area contributed by atoms with Crippen LogP contribution in [0.4, 0.5) is 5.69 Å². The lowest BCUT2D eigenvalue weighted by atomic mass is 10.0. The Morgan fingerprint density at radius 3 is 2.64 bits per heavy atom. The number of hydrogen-bond donors (Lipinski definition) is 2. The van der Waals surface area contributed by atoms with Gasteiger partial charge in [-0.1, -0.05) is 24.3 Å². The van der Waals surface area contributed by atoms with Crippen LogP contribution in [0.1, 0.15) is 36.0 Å². The third-order valence-corrected chi connectivity index (χ3v) is 8.64. The van der Waals surface area contributed by atoms with Crippen molar-refractivity contribution in [3.05, 3.63) is 70.5 Å². The highest BCUT2D eigenvalue weighted by Gasteiger charge is 2.30. The Hall–Kier alpha value is -3.88. The van der Waals surface area contributed by atoms with Crippen molar-refractivity contribution in [3.8, 4) is 17.2 Å². The van der Waals surface area contributed by atoms with Crippen LogP contribution in [0, 0.1) is 0 Å². The normalized spacial score (nSPS) is 20.4. The van der Waals surface area contributed by atoms with Crippen LogP contribution in [0.25, 0.3) is 27.4 Å². The molecule has 2 atom stereocenters. The highest BCUT2D eigenvalue weighted by Crippen LogP contribution is 2.46. The molecule has 0 bridgehead atoms. The van der Waals surface area contributed by atoms with Gasteiger partial charge >= 0.3 is 0 Å². The molecule has 2 fully saturated rings. The monoisotopic (exact) mass is 523 g/mol. The molecule has 39 heavy (non-hydrogen) atoms. The number of nitrogens with two attached hydrogens (primary N) is 1. The molecule has 1 amide bonds. The summed E-state index contributed by atoms with van der Waals surface area (Å²) in [6.45, 7) is 3.19. The summed E-state index contributed by atoms with van der Waals surface area (Å²) >= 11 is 0. The van der Waals surface area contributed by atoms with E-state index in [9.17, 15) is 9.59 Å². The van der Waals surface area contributed by atoms with E-state index in [2.05, 4.69) is 40.4 Å². The summed E-state index contributed by atoms with van der Waals surface area (Å²) < 4.78 is 8.55. The predicted molar refractivity (Wildman–Crippen MR) is 155 cm³/mol. The van der Waals surface area contributed by atoms with E-state index in [-0.39, 0.29) is 22.9 Å². The van der Waals surface area contributed by atoms with Crippen molar-refractivity contribution < 1.29 is 9.53 Å². The number of likely N-dealkylation sites (tertiary alicyclic amines) is 1. The van der Waals surface area contributed by atoms with Crippen LogP contribution in [0.3, 0.4) is 0 Å². The van der Waals surface area contributed by atoms with Gasteiger partial charge in [0.15, 0.2) is 11.5 Å². The van der Waals surface area contributed by atoms with Gasteiger partial charge < -0.3 is 30.2 Å². The Morgan fingerprint density at radius 2 is 1.90 bits per heavy atom. The van der Waals surface area contributed by atoms with Crippen LogP contribution in [-0.4, -0.2) is 60.7 Å². The van der Waals surface area contributed by atoms with E-state index in [1.54, 1.807) is 6.20 Å². The molecule has 0 radical (unpaired) electrons. The maximum absolute atomic E-state index is 13.7. The number of carbonyl (C=O) groups is 1. The standard InChI is InChI=1S/C31H33N5O3/c1-34-13-4-7-22(34)10-12-33-31(38)24-18-36-26-15-19-5-2-3-6-20(19)16-27(26)39-30-25(35-14-11-21(32)17-35)9-8-23(28(30)36)29(24)37/h2-3,5-6,8-9,15-16,18,21-22H,4,7,10-14,17,32H2,1H3,(H,33,38). The minimum atomic E-state index is -0.337. The van der Waals surface area contributed by atoms with E-state index in [1.165, 1.54) is 6.42 Å². The average Bonchev–Trinajstić information content (AvgIpc) is 3.56. The molecular weight excluding hydrogens is 490 g/mol. The molecule has 2 unspecified atom stereocenters. The molecule has 3 N–H and O–H groups in total. The van der Waals surface area contributed by atoms with E-state index >= 15 is 0 Å². The van der Waals surface area contributed by atoms with Crippen molar-refractivity contribution in [2.24, 2.45) is 5.73 Å². The second kappa shape index (κ2) is 9.39. The average molecular weight is 524 g/mol. The topological polar surface area (TPSA) is 92.8 Å². The summed E-state index contributed by atoms with van der Waals surface area (Å²) in [5.41, 5.74) is 8.50. The van der Waals surface area contributed by atoms with Crippen LogP contribution in [-0.2, 0) is 0 Å². The SMILES string of the molecule is CN1CCCC1CCNC(=O)c1cn2c3c(c(N4CCC(N)C4)ccc3c1=O)Oc1cc3ccccc3cc1-2. The summed E-state index contributed by atoms with van der Waals surface area (Å²) in [6, 6.07) is 16.6. The van der Waals surface area contributed by atoms with Gasteiger partial charge in [0.2, 0.25) is 5.43 Å². The number of nitrogens with zero attached hydrogens (tertiary/aromatic N) is 3. The Morgan fingerprint density at radius 1 is 1.08 bits per heavy atom. The first kappa shape index (κ1) is 24.2. The Labute approximate surface area is 226 Å². The largest absolute Gasteiger partial charge is 0.451 e. The van der Waals surface area contributed by atoms with Gasteiger partial charge in [-0.25, -0.2) is 0 Å². The first-order valence-corrected chi connectivity index (χ1v) is 13.9.